The Balaban J connectivity index is 1.94. The first kappa shape index (κ1) is 18.3. The van der Waals surface area contributed by atoms with E-state index < -0.39 is 9.84 Å². The van der Waals surface area contributed by atoms with Crippen LogP contribution in [0.1, 0.15) is 5.56 Å². The van der Waals surface area contributed by atoms with Crippen LogP contribution in [0, 0.1) is 6.92 Å². The van der Waals surface area contributed by atoms with E-state index in [1.807, 2.05) is 66.1 Å². The Morgan fingerprint density at radius 2 is 1.57 bits per heavy atom. The summed E-state index contributed by atoms with van der Waals surface area (Å²) in [5.74, 6) is 0.780. The van der Waals surface area contributed by atoms with Crippen molar-refractivity contribution in [3.05, 3.63) is 72.4 Å². The number of pyridine rings is 1. The van der Waals surface area contributed by atoms with Gasteiger partial charge in [0.05, 0.1) is 23.4 Å². The monoisotopic (exact) mass is 392 g/mol. The van der Waals surface area contributed by atoms with Gasteiger partial charge in [-0.1, -0.05) is 12.1 Å². The molecular weight excluding hydrogens is 372 g/mol. The number of aromatic nitrogens is 2. The van der Waals surface area contributed by atoms with Gasteiger partial charge in [0.2, 0.25) is 0 Å². The number of hydrogen-bond donors (Lipinski definition) is 0. The molecule has 0 aliphatic heterocycles. The number of sulfone groups is 1. The summed E-state index contributed by atoms with van der Waals surface area (Å²) in [5.41, 5.74) is 5.57. The predicted molar refractivity (Wildman–Crippen MR) is 110 cm³/mol. The van der Waals surface area contributed by atoms with Crippen LogP contribution in [0.3, 0.4) is 0 Å². The van der Waals surface area contributed by atoms with E-state index >= 15 is 0 Å². The maximum Gasteiger partial charge on any atom is 0.175 e. The summed E-state index contributed by atoms with van der Waals surface area (Å²) in [4.78, 5) is 5.15. The van der Waals surface area contributed by atoms with Crippen molar-refractivity contribution in [3.8, 4) is 28.3 Å². The second-order valence-electron chi connectivity index (χ2n) is 6.77. The minimum atomic E-state index is -3.24. The molecule has 0 spiro atoms. The van der Waals surface area contributed by atoms with Gasteiger partial charge in [0.15, 0.2) is 9.84 Å². The Hall–Kier alpha value is -3.12. The van der Waals surface area contributed by atoms with Crippen LogP contribution in [0.2, 0.25) is 0 Å². The molecule has 142 valence electrons. The maximum absolute atomic E-state index is 11.8. The topological polar surface area (TPSA) is 60.7 Å². The number of methoxy groups -OCH3 is 1. The molecule has 0 saturated heterocycles. The second-order valence-corrected chi connectivity index (χ2v) is 8.78. The highest BCUT2D eigenvalue weighted by Gasteiger charge is 2.17. The largest absolute Gasteiger partial charge is 0.497 e. The summed E-state index contributed by atoms with van der Waals surface area (Å²) in [7, 11) is -1.61. The van der Waals surface area contributed by atoms with Gasteiger partial charge in [-0.2, -0.15) is 0 Å². The fourth-order valence-corrected chi connectivity index (χ4v) is 3.86. The zero-order valence-electron chi connectivity index (χ0n) is 15.9. The lowest BCUT2D eigenvalue weighted by molar-refractivity contribution is 0.415. The molecule has 2 heterocycles. The van der Waals surface area contributed by atoms with Gasteiger partial charge in [-0.25, -0.2) is 13.4 Å². The van der Waals surface area contributed by atoms with Crippen LogP contribution in [0.5, 0.6) is 5.75 Å². The Labute approximate surface area is 164 Å². The Morgan fingerprint density at radius 1 is 0.929 bits per heavy atom. The van der Waals surface area contributed by atoms with Crippen molar-refractivity contribution in [1.29, 1.82) is 0 Å². The van der Waals surface area contributed by atoms with Gasteiger partial charge in [-0.3, -0.25) is 4.40 Å². The molecule has 2 aromatic carbocycles. The van der Waals surface area contributed by atoms with E-state index in [0.717, 1.165) is 39.5 Å². The second kappa shape index (κ2) is 6.80. The number of benzene rings is 2. The standard InChI is InChI=1S/C22H20N2O3S/c1-15-12-13-24-20(14-15)23-21(16-4-8-18(27-2)9-5-16)22(24)17-6-10-19(11-7-17)28(3,25)26/h4-14H,1-3H3. The molecule has 0 atom stereocenters. The molecule has 28 heavy (non-hydrogen) atoms. The first-order valence-electron chi connectivity index (χ1n) is 8.80. The Kier molecular flexibility index (Phi) is 4.43. The summed E-state index contributed by atoms with van der Waals surface area (Å²) < 4.78 is 30.9. The van der Waals surface area contributed by atoms with Crippen LogP contribution in [-0.2, 0) is 9.84 Å². The molecule has 0 aliphatic carbocycles. The summed E-state index contributed by atoms with van der Waals surface area (Å²) in [5, 5.41) is 0. The minimum Gasteiger partial charge on any atom is -0.497 e. The lowest BCUT2D eigenvalue weighted by Crippen LogP contribution is -1.97. The van der Waals surface area contributed by atoms with Crippen molar-refractivity contribution in [2.75, 3.05) is 13.4 Å². The third-order valence-corrected chi connectivity index (χ3v) is 5.83. The summed E-state index contributed by atoms with van der Waals surface area (Å²) in [6.07, 6.45) is 3.20. The molecule has 0 aliphatic rings. The van der Waals surface area contributed by atoms with Crippen LogP contribution in [0.15, 0.2) is 71.8 Å². The molecular formula is C22H20N2O3S. The molecule has 0 saturated carbocycles. The fourth-order valence-electron chi connectivity index (χ4n) is 3.23. The number of ether oxygens (including phenoxy) is 1. The highest BCUT2D eigenvalue weighted by Crippen LogP contribution is 2.34. The van der Waals surface area contributed by atoms with Crippen LogP contribution in [0.25, 0.3) is 28.2 Å². The predicted octanol–water partition coefficient (Wildman–Crippen LogP) is 4.39. The normalized spacial score (nSPS) is 11.7. The van der Waals surface area contributed by atoms with Crippen LogP contribution in [0.4, 0.5) is 0 Å². The highest BCUT2D eigenvalue weighted by atomic mass is 32.2. The van der Waals surface area contributed by atoms with Crippen LogP contribution < -0.4 is 4.74 Å². The Bertz CT molecular complexity index is 1260. The minimum absolute atomic E-state index is 0.298. The summed E-state index contributed by atoms with van der Waals surface area (Å²) in [6.45, 7) is 2.03. The number of nitrogens with zero attached hydrogens (tertiary/aromatic N) is 2. The van der Waals surface area contributed by atoms with E-state index in [1.54, 1.807) is 19.2 Å². The lowest BCUT2D eigenvalue weighted by atomic mass is 10.0. The van der Waals surface area contributed by atoms with E-state index in [1.165, 1.54) is 6.26 Å². The number of hydrogen-bond acceptors (Lipinski definition) is 4. The van der Waals surface area contributed by atoms with Gasteiger partial charge >= 0.3 is 0 Å². The van der Waals surface area contributed by atoms with Crippen molar-refractivity contribution >= 4 is 15.5 Å². The van der Waals surface area contributed by atoms with Gasteiger partial charge in [-0.15, -0.1) is 0 Å². The van der Waals surface area contributed by atoms with Gasteiger partial charge < -0.3 is 4.74 Å². The van der Waals surface area contributed by atoms with E-state index in [4.69, 9.17) is 9.72 Å². The van der Waals surface area contributed by atoms with Gasteiger partial charge in [-0.05, 0) is 61.0 Å². The van der Waals surface area contributed by atoms with Crippen molar-refractivity contribution in [3.63, 3.8) is 0 Å². The molecule has 6 heteroatoms. The number of imidazole rings is 1. The SMILES string of the molecule is COc1ccc(-c2nc3cc(C)ccn3c2-c2ccc(S(C)(=O)=O)cc2)cc1. The summed E-state index contributed by atoms with van der Waals surface area (Å²) >= 11 is 0. The lowest BCUT2D eigenvalue weighted by Gasteiger charge is -2.08. The smallest absolute Gasteiger partial charge is 0.175 e. The van der Waals surface area contributed by atoms with Gasteiger partial charge in [0.1, 0.15) is 11.4 Å². The molecule has 0 unspecified atom stereocenters. The first-order chi connectivity index (χ1) is 13.4. The molecule has 4 aromatic rings. The summed E-state index contributed by atoms with van der Waals surface area (Å²) in [6, 6.07) is 18.7. The maximum atomic E-state index is 11.8. The highest BCUT2D eigenvalue weighted by molar-refractivity contribution is 7.90. The van der Waals surface area contributed by atoms with Crippen molar-refractivity contribution < 1.29 is 13.2 Å². The van der Waals surface area contributed by atoms with Crippen LogP contribution >= 0.6 is 0 Å². The number of aryl methyl sites for hydroxylation is 1. The molecule has 0 bridgehead atoms. The van der Waals surface area contributed by atoms with E-state index in [2.05, 4.69) is 0 Å². The average Bonchev–Trinajstić information content (AvgIpc) is 3.06. The van der Waals surface area contributed by atoms with Crippen LogP contribution in [-0.4, -0.2) is 31.2 Å². The molecule has 0 radical (unpaired) electrons. The van der Waals surface area contributed by atoms with Crippen molar-refractivity contribution in [2.24, 2.45) is 0 Å². The Morgan fingerprint density at radius 3 is 2.18 bits per heavy atom. The molecule has 2 aromatic heterocycles. The third-order valence-electron chi connectivity index (χ3n) is 4.70. The first-order valence-corrected chi connectivity index (χ1v) is 10.7. The molecule has 0 fully saturated rings. The third kappa shape index (κ3) is 3.27. The van der Waals surface area contributed by atoms with Crippen molar-refractivity contribution in [2.45, 2.75) is 11.8 Å². The molecule has 4 rings (SSSR count). The van der Waals surface area contributed by atoms with E-state index in [9.17, 15) is 8.42 Å². The number of fused-ring (bicyclic) bond motifs is 1. The van der Waals surface area contributed by atoms with Crippen molar-refractivity contribution in [1.82, 2.24) is 9.38 Å². The zero-order valence-corrected chi connectivity index (χ0v) is 16.7. The molecule has 0 amide bonds. The van der Waals surface area contributed by atoms with Gasteiger partial charge in [0.25, 0.3) is 0 Å². The average molecular weight is 392 g/mol. The van der Waals surface area contributed by atoms with E-state index in [-0.39, 0.29) is 0 Å². The molecule has 0 N–H and O–H groups in total. The van der Waals surface area contributed by atoms with Gasteiger partial charge in [0, 0.05) is 23.6 Å². The zero-order chi connectivity index (χ0) is 19.9. The number of rotatable bonds is 4. The van der Waals surface area contributed by atoms with E-state index in [0.29, 0.717) is 4.90 Å². The fraction of sp³-hybridized carbons (Fsp3) is 0.136. The molecule has 5 nitrogen and oxygen atoms in total. The quantitative estimate of drug-likeness (QED) is 0.517.